The van der Waals surface area contributed by atoms with Crippen LogP contribution in [-0.2, 0) is 25.7 Å². The molecule has 2 aromatic carbocycles. The molecule has 0 aliphatic rings. The van der Waals surface area contributed by atoms with Crippen molar-refractivity contribution in [2.24, 2.45) is 5.41 Å². The Kier molecular flexibility index (Phi) is 9.34. The Labute approximate surface area is 240 Å². The molecule has 8 nitrogen and oxygen atoms in total. The van der Waals surface area contributed by atoms with Crippen molar-refractivity contribution in [3.05, 3.63) is 103 Å². The molecule has 2 N–H and O–H groups in total. The average molecular weight is 553 g/mol. The third-order valence-electron chi connectivity index (χ3n) is 6.87. The van der Waals surface area contributed by atoms with Crippen LogP contribution in [0.25, 0.3) is 22.3 Å². The highest BCUT2D eigenvalue weighted by molar-refractivity contribution is 5.91. The molecule has 0 aliphatic heterocycles. The molecule has 4 rings (SSSR count). The molecule has 2 atom stereocenters. The van der Waals surface area contributed by atoms with Crippen LogP contribution >= 0.6 is 0 Å². The molecule has 0 radical (unpaired) electrons. The van der Waals surface area contributed by atoms with Crippen molar-refractivity contribution >= 4 is 17.8 Å². The summed E-state index contributed by atoms with van der Waals surface area (Å²) in [5.74, 6) is -1.27. The number of rotatable bonds is 10. The van der Waals surface area contributed by atoms with Gasteiger partial charge in [-0.25, -0.2) is 0 Å². The second-order valence-electron chi connectivity index (χ2n) is 10.9. The minimum absolute atomic E-state index is 0.109. The van der Waals surface area contributed by atoms with E-state index in [9.17, 15) is 14.4 Å². The van der Waals surface area contributed by atoms with Crippen LogP contribution in [0.1, 0.15) is 38.8 Å². The molecule has 4 aromatic rings. The molecule has 0 fully saturated rings. The van der Waals surface area contributed by atoms with Gasteiger partial charge < -0.3 is 19.9 Å². The predicted octanol–water partition coefficient (Wildman–Crippen LogP) is 5.17. The Morgan fingerprint density at radius 2 is 1.44 bits per heavy atom. The molecule has 0 bridgehead atoms. The smallest absolute Gasteiger partial charge is 0.308 e. The van der Waals surface area contributed by atoms with Crippen molar-refractivity contribution in [3.63, 3.8) is 0 Å². The lowest BCUT2D eigenvalue weighted by Gasteiger charge is -2.31. The Morgan fingerprint density at radius 1 is 0.829 bits per heavy atom. The Balaban J connectivity index is 1.57. The molecule has 0 saturated carbocycles. The van der Waals surface area contributed by atoms with Gasteiger partial charge in [0.1, 0.15) is 18.7 Å². The van der Waals surface area contributed by atoms with E-state index in [-0.39, 0.29) is 18.9 Å². The van der Waals surface area contributed by atoms with Gasteiger partial charge in [0.05, 0.1) is 6.42 Å². The molecule has 2 heterocycles. The van der Waals surface area contributed by atoms with Gasteiger partial charge in [0.2, 0.25) is 11.8 Å². The zero-order chi connectivity index (χ0) is 29.4. The molecule has 0 spiro atoms. The molecule has 212 valence electrons. The topological polar surface area (TPSA) is 102 Å². The highest BCUT2D eigenvalue weighted by atomic mass is 16.5. The highest BCUT2D eigenvalue weighted by Gasteiger charge is 2.35. The summed E-state index contributed by atoms with van der Waals surface area (Å²) in [7, 11) is 1.53. The van der Waals surface area contributed by atoms with Crippen LogP contribution in [0.15, 0.2) is 97.6 Å². The maximum Gasteiger partial charge on any atom is 0.308 e. The number of carbonyl (C=O) groups is 3. The lowest BCUT2D eigenvalue weighted by atomic mass is 9.86. The van der Waals surface area contributed by atoms with Crippen LogP contribution < -0.4 is 10.6 Å². The second-order valence-corrected chi connectivity index (χ2v) is 10.9. The number of hydrogen-bond acceptors (Lipinski definition) is 5. The average Bonchev–Trinajstić information content (AvgIpc) is 3.47. The van der Waals surface area contributed by atoms with Gasteiger partial charge in [-0.3, -0.25) is 19.4 Å². The number of esters is 1. The zero-order valence-electron chi connectivity index (χ0n) is 23.8. The van der Waals surface area contributed by atoms with E-state index in [0.29, 0.717) is 0 Å². The number of nitrogens with zero attached hydrogens (tertiary/aromatic N) is 2. The number of pyridine rings is 1. The van der Waals surface area contributed by atoms with Crippen LogP contribution in [-0.4, -0.2) is 40.4 Å². The van der Waals surface area contributed by atoms with Gasteiger partial charge in [-0.05, 0) is 51.4 Å². The van der Waals surface area contributed by atoms with Crippen molar-refractivity contribution < 1.29 is 19.1 Å². The summed E-state index contributed by atoms with van der Waals surface area (Å²) in [5, 5.41) is 5.50. The molecule has 8 heteroatoms. The lowest BCUT2D eigenvalue weighted by Crippen LogP contribution is -2.54. The second kappa shape index (κ2) is 13.1. The van der Waals surface area contributed by atoms with Crippen molar-refractivity contribution in [2.75, 3.05) is 7.05 Å². The fraction of sp³-hybridized carbons (Fsp3) is 0.273. The van der Waals surface area contributed by atoms with Crippen LogP contribution in [0.5, 0.6) is 0 Å². The number of amides is 2. The first-order chi connectivity index (χ1) is 19.7. The zero-order valence-corrected chi connectivity index (χ0v) is 23.8. The molecular weight excluding hydrogens is 516 g/mol. The summed E-state index contributed by atoms with van der Waals surface area (Å²) in [6.07, 6.45) is 6.93. The number of ether oxygens (including phenoxy) is 1. The van der Waals surface area contributed by atoms with Gasteiger partial charge in [-0.2, -0.15) is 0 Å². The number of carbonyl (C=O) groups excluding carboxylic acids is 3. The summed E-state index contributed by atoms with van der Waals surface area (Å²) in [6.45, 7) is 5.73. The minimum atomic E-state index is -0.919. The van der Waals surface area contributed by atoms with E-state index in [2.05, 4.69) is 15.6 Å². The van der Waals surface area contributed by atoms with Crippen LogP contribution in [0.4, 0.5) is 0 Å². The summed E-state index contributed by atoms with van der Waals surface area (Å²) in [4.78, 5) is 43.3. The molecule has 2 aromatic heterocycles. The standard InChI is InChI=1S/C33H36N4O4/c1-33(2,3)30(32(40)34-4)36-31(39)28(20-29(38)41-22-23-8-6-5-7-9-23)37-19-16-27(21-37)25-12-10-24(11-13-25)26-14-17-35-18-15-26/h5-19,21,28,30H,20,22H2,1-4H3,(H,34,40)(H,36,39)/t28-,30-/m1/s1. The van der Waals surface area contributed by atoms with Crippen LogP contribution in [0.3, 0.4) is 0 Å². The quantitative estimate of drug-likeness (QED) is 0.264. The first-order valence-corrected chi connectivity index (χ1v) is 13.6. The van der Waals surface area contributed by atoms with Gasteiger partial charge >= 0.3 is 5.97 Å². The molecule has 0 saturated heterocycles. The Morgan fingerprint density at radius 3 is 2.05 bits per heavy atom. The minimum Gasteiger partial charge on any atom is -0.461 e. The molecule has 2 amide bonds. The first-order valence-electron chi connectivity index (χ1n) is 13.6. The molecular formula is C33H36N4O4. The summed E-state index contributed by atoms with van der Waals surface area (Å²) in [6, 6.07) is 21.6. The van der Waals surface area contributed by atoms with Crippen molar-refractivity contribution in [2.45, 2.75) is 45.9 Å². The Hall–Kier alpha value is -4.72. The number of nitrogens with one attached hydrogen (secondary N) is 2. The normalized spacial score (nSPS) is 12.7. The summed E-state index contributed by atoms with van der Waals surface area (Å²) in [5.41, 5.74) is 4.29. The van der Waals surface area contributed by atoms with E-state index < -0.39 is 29.4 Å². The number of likely N-dealkylation sites (N-methyl/N-ethyl adjacent to an activating group) is 1. The molecule has 41 heavy (non-hydrogen) atoms. The predicted molar refractivity (Wildman–Crippen MR) is 158 cm³/mol. The van der Waals surface area contributed by atoms with Gasteiger partial charge in [0, 0.05) is 31.8 Å². The molecule has 0 unspecified atom stereocenters. The highest BCUT2D eigenvalue weighted by Crippen LogP contribution is 2.27. The maximum atomic E-state index is 13.7. The fourth-order valence-corrected chi connectivity index (χ4v) is 4.52. The first kappa shape index (κ1) is 29.3. The van der Waals surface area contributed by atoms with Crippen LogP contribution in [0.2, 0.25) is 0 Å². The molecule has 0 aliphatic carbocycles. The van der Waals surface area contributed by atoms with Gasteiger partial charge in [0.25, 0.3) is 0 Å². The van der Waals surface area contributed by atoms with E-state index in [4.69, 9.17) is 4.74 Å². The van der Waals surface area contributed by atoms with Crippen molar-refractivity contribution in [1.29, 1.82) is 0 Å². The summed E-state index contributed by atoms with van der Waals surface area (Å²) < 4.78 is 7.20. The van der Waals surface area contributed by atoms with E-state index in [1.165, 1.54) is 7.05 Å². The Bertz CT molecular complexity index is 1460. The monoisotopic (exact) mass is 552 g/mol. The van der Waals surface area contributed by atoms with Gasteiger partial charge in [-0.15, -0.1) is 0 Å². The summed E-state index contributed by atoms with van der Waals surface area (Å²) >= 11 is 0. The number of hydrogen-bond donors (Lipinski definition) is 2. The van der Waals surface area contributed by atoms with Gasteiger partial charge in [-0.1, -0.05) is 75.4 Å². The van der Waals surface area contributed by atoms with E-state index in [0.717, 1.165) is 27.8 Å². The number of aromatic nitrogens is 2. The third-order valence-corrected chi connectivity index (χ3v) is 6.87. The van der Waals surface area contributed by atoms with Crippen molar-refractivity contribution in [3.8, 4) is 22.3 Å². The lowest BCUT2D eigenvalue weighted by molar-refractivity contribution is -0.148. The fourth-order valence-electron chi connectivity index (χ4n) is 4.52. The third kappa shape index (κ3) is 7.69. The van der Waals surface area contributed by atoms with E-state index >= 15 is 0 Å². The van der Waals surface area contributed by atoms with E-state index in [1.54, 1.807) is 23.2 Å². The van der Waals surface area contributed by atoms with Crippen LogP contribution in [0, 0.1) is 5.41 Å². The van der Waals surface area contributed by atoms with Gasteiger partial charge in [0.15, 0.2) is 0 Å². The van der Waals surface area contributed by atoms with Crippen molar-refractivity contribution in [1.82, 2.24) is 20.2 Å². The largest absolute Gasteiger partial charge is 0.461 e. The SMILES string of the molecule is CNC(=O)[C@@H](NC(=O)[C@@H](CC(=O)OCc1ccccc1)n1ccc(-c2ccc(-c3ccncc3)cc2)c1)C(C)(C)C. The maximum absolute atomic E-state index is 13.7. The number of benzene rings is 2. The van der Waals surface area contributed by atoms with E-state index in [1.807, 2.05) is 99.8 Å².